The molecule has 2 heterocycles. The molecule has 1 aromatic heterocycles. The van der Waals surface area contributed by atoms with E-state index < -0.39 is 9.84 Å². The smallest absolute Gasteiger partial charge is 0.244 e. The highest BCUT2D eigenvalue weighted by Gasteiger charge is 2.22. The lowest BCUT2D eigenvalue weighted by atomic mass is 10.2. The predicted octanol–water partition coefficient (Wildman–Crippen LogP) is 4.33. The third-order valence-corrected chi connectivity index (χ3v) is 7.41. The van der Waals surface area contributed by atoms with Gasteiger partial charge < -0.3 is 19.4 Å². The molecule has 8 heteroatoms. The summed E-state index contributed by atoms with van der Waals surface area (Å²) in [7, 11) is -3.62. The maximum absolute atomic E-state index is 13.3. The standard InChI is InChI=1S/C26H24N2O5S/c1-18-6-8-19(9-7-18)17-34(30,31)25-15-28(22-5-3-2-4-21(22)25)16-26(29)27-20-10-11-23-24(14-20)33-13-12-32-23/h2-11,14-15H,12-13,16-17H2,1H3,(H,27,29). The van der Waals surface area contributed by atoms with Gasteiger partial charge in [0.15, 0.2) is 21.3 Å². The molecule has 7 nitrogen and oxygen atoms in total. The van der Waals surface area contributed by atoms with Gasteiger partial charge in [0.05, 0.1) is 10.6 Å². The third-order valence-electron chi connectivity index (χ3n) is 5.70. The number of nitrogens with one attached hydrogen (secondary N) is 1. The normalized spacial score (nSPS) is 13.1. The molecular formula is C26H24N2O5S. The largest absolute Gasteiger partial charge is 0.486 e. The SMILES string of the molecule is Cc1ccc(CS(=O)(=O)c2cn(CC(=O)Nc3ccc4c(c3)OCCO4)c3ccccc23)cc1. The van der Waals surface area contributed by atoms with Crippen LogP contribution < -0.4 is 14.8 Å². The summed E-state index contributed by atoms with van der Waals surface area (Å²) in [6, 6.07) is 19.9. The summed E-state index contributed by atoms with van der Waals surface area (Å²) < 4.78 is 39.3. The lowest BCUT2D eigenvalue weighted by Gasteiger charge is -2.19. The van der Waals surface area contributed by atoms with E-state index in [4.69, 9.17) is 9.47 Å². The fourth-order valence-corrected chi connectivity index (χ4v) is 5.63. The monoisotopic (exact) mass is 476 g/mol. The summed E-state index contributed by atoms with van der Waals surface area (Å²) in [5, 5.41) is 3.45. The van der Waals surface area contributed by atoms with Crippen LogP contribution in [0.3, 0.4) is 0 Å². The third kappa shape index (κ3) is 4.49. The van der Waals surface area contributed by atoms with Crippen LogP contribution in [-0.2, 0) is 26.9 Å². The molecule has 5 rings (SSSR count). The van der Waals surface area contributed by atoms with Crippen LogP contribution in [0, 0.1) is 6.92 Å². The van der Waals surface area contributed by atoms with Gasteiger partial charge in [-0.15, -0.1) is 0 Å². The number of aromatic nitrogens is 1. The minimum Gasteiger partial charge on any atom is -0.486 e. The van der Waals surface area contributed by atoms with Crippen molar-refractivity contribution in [3.63, 3.8) is 0 Å². The molecule has 4 aromatic rings. The molecule has 0 fully saturated rings. The van der Waals surface area contributed by atoms with Crippen LogP contribution >= 0.6 is 0 Å². The Labute approximate surface area is 197 Å². The number of fused-ring (bicyclic) bond motifs is 2. The van der Waals surface area contributed by atoms with Gasteiger partial charge in [0, 0.05) is 28.9 Å². The molecule has 1 aliphatic rings. The van der Waals surface area contributed by atoms with Crippen molar-refractivity contribution in [3.8, 4) is 11.5 Å². The van der Waals surface area contributed by atoms with Crippen molar-refractivity contribution in [2.75, 3.05) is 18.5 Å². The van der Waals surface area contributed by atoms with Crippen LogP contribution in [0.15, 0.2) is 77.8 Å². The lowest BCUT2D eigenvalue weighted by Crippen LogP contribution is -2.19. The second kappa shape index (κ2) is 8.87. The zero-order valence-electron chi connectivity index (χ0n) is 18.7. The topological polar surface area (TPSA) is 86.6 Å². The number of benzene rings is 3. The van der Waals surface area contributed by atoms with E-state index in [1.807, 2.05) is 43.3 Å². The fraction of sp³-hybridized carbons (Fsp3) is 0.192. The number of anilines is 1. The van der Waals surface area contributed by atoms with Crippen molar-refractivity contribution in [2.24, 2.45) is 0 Å². The number of sulfone groups is 1. The first kappa shape index (κ1) is 22.0. The van der Waals surface area contributed by atoms with Gasteiger partial charge in [-0.1, -0.05) is 48.0 Å². The van der Waals surface area contributed by atoms with Gasteiger partial charge in [0.25, 0.3) is 0 Å². The molecule has 0 unspecified atom stereocenters. The first-order valence-electron chi connectivity index (χ1n) is 10.9. The van der Waals surface area contributed by atoms with E-state index in [0.717, 1.165) is 11.1 Å². The number of carbonyl (C=O) groups is 1. The van der Waals surface area contributed by atoms with Crippen molar-refractivity contribution < 1.29 is 22.7 Å². The molecule has 174 valence electrons. The molecule has 0 bridgehead atoms. The minimum absolute atomic E-state index is 0.0327. The average molecular weight is 477 g/mol. The molecule has 0 aliphatic carbocycles. The number of amides is 1. The molecule has 0 radical (unpaired) electrons. The number of nitrogens with zero attached hydrogens (tertiary/aromatic N) is 1. The zero-order chi connectivity index (χ0) is 23.7. The molecule has 0 spiro atoms. The molecule has 1 N–H and O–H groups in total. The van der Waals surface area contributed by atoms with Crippen LogP contribution in [0.4, 0.5) is 5.69 Å². The number of ether oxygens (including phenoxy) is 2. The number of aryl methyl sites for hydroxylation is 1. The van der Waals surface area contributed by atoms with Gasteiger partial charge in [-0.2, -0.15) is 0 Å². The number of carbonyl (C=O) groups excluding carboxylic acids is 1. The Morgan fingerprint density at radius 1 is 0.971 bits per heavy atom. The Bertz CT molecular complexity index is 1470. The van der Waals surface area contributed by atoms with Crippen LogP contribution in [-0.4, -0.2) is 32.1 Å². The Morgan fingerprint density at radius 3 is 2.50 bits per heavy atom. The number of hydrogen-bond acceptors (Lipinski definition) is 5. The van der Waals surface area contributed by atoms with Gasteiger partial charge in [-0.05, 0) is 30.7 Å². The second-order valence-corrected chi connectivity index (χ2v) is 10.2. The molecule has 0 saturated carbocycles. The van der Waals surface area contributed by atoms with Gasteiger partial charge >= 0.3 is 0 Å². The maximum Gasteiger partial charge on any atom is 0.244 e. The molecule has 1 aliphatic heterocycles. The van der Waals surface area contributed by atoms with Gasteiger partial charge in [-0.3, -0.25) is 4.79 Å². The molecule has 0 saturated heterocycles. The van der Waals surface area contributed by atoms with Gasteiger partial charge in [0.2, 0.25) is 5.91 Å². The highest BCUT2D eigenvalue weighted by molar-refractivity contribution is 7.90. The lowest BCUT2D eigenvalue weighted by molar-refractivity contribution is -0.116. The summed E-state index contributed by atoms with van der Waals surface area (Å²) >= 11 is 0. The van der Waals surface area contributed by atoms with E-state index in [-0.39, 0.29) is 23.1 Å². The van der Waals surface area contributed by atoms with Crippen molar-refractivity contribution in [1.82, 2.24) is 4.57 Å². The highest BCUT2D eigenvalue weighted by Crippen LogP contribution is 2.33. The minimum atomic E-state index is -3.62. The van der Waals surface area contributed by atoms with Crippen molar-refractivity contribution >= 4 is 32.3 Å². The van der Waals surface area contributed by atoms with E-state index in [1.165, 1.54) is 0 Å². The fourth-order valence-electron chi connectivity index (χ4n) is 4.05. The molecule has 34 heavy (non-hydrogen) atoms. The van der Waals surface area contributed by atoms with Gasteiger partial charge in [0.1, 0.15) is 19.8 Å². The van der Waals surface area contributed by atoms with E-state index in [9.17, 15) is 13.2 Å². The summed E-state index contributed by atoms with van der Waals surface area (Å²) in [6.45, 7) is 2.88. The summed E-state index contributed by atoms with van der Waals surface area (Å²) in [5.74, 6) is 0.842. The molecule has 3 aromatic carbocycles. The first-order valence-corrected chi connectivity index (χ1v) is 12.6. The maximum atomic E-state index is 13.3. The predicted molar refractivity (Wildman–Crippen MR) is 130 cm³/mol. The summed E-state index contributed by atoms with van der Waals surface area (Å²) in [5.41, 5.74) is 3.06. The van der Waals surface area contributed by atoms with Crippen LogP contribution in [0.2, 0.25) is 0 Å². The molecular weight excluding hydrogens is 452 g/mol. The molecule has 0 atom stereocenters. The quantitative estimate of drug-likeness (QED) is 0.448. The second-order valence-electron chi connectivity index (χ2n) is 8.29. The number of para-hydroxylation sites is 1. The Morgan fingerprint density at radius 2 is 1.71 bits per heavy atom. The Hall–Kier alpha value is -3.78. The Balaban J connectivity index is 1.40. The van der Waals surface area contributed by atoms with Crippen LogP contribution in [0.5, 0.6) is 11.5 Å². The number of hydrogen-bond donors (Lipinski definition) is 1. The van der Waals surface area contributed by atoms with E-state index in [1.54, 1.807) is 41.1 Å². The summed E-state index contributed by atoms with van der Waals surface area (Å²) in [4.78, 5) is 13.0. The highest BCUT2D eigenvalue weighted by atomic mass is 32.2. The van der Waals surface area contributed by atoms with Crippen LogP contribution in [0.1, 0.15) is 11.1 Å². The van der Waals surface area contributed by atoms with Crippen molar-refractivity contribution in [1.29, 1.82) is 0 Å². The van der Waals surface area contributed by atoms with Gasteiger partial charge in [-0.25, -0.2) is 8.42 Å². The van der Waals surface area contributed by atoms with E-state index in [0.29, 0.717) is 41.3 Å². The first-order chi connectivity index (χ1) is 16.4. The number of rotatable bonds is 6. The van der Waals surface area contributed by atoms with Crippen LogP contribution in [0.25, 0.3) is 10.9 Å². The van der Waals surface area contributed by atoms with E-state index in [2.05, 4.69) is 5.32 Å². The van der Waals surface area contributed by atoms with Crippen molar-refractivity contribution in [3.05, 3.63) is 84.1 Å². The molecule has 1 amide bonds. The summed E-state index contributed by atoms with van der Waals surface area (Å²) in [6.07, 6.45) is 1.55. The Kier molecular flexibility index (Phi) is 5.75. The van der Waals surface area contributed by atoms with Crippen molar-refractivity contribution in [2.45, 2.75) is 24.1 Å². The van der Waals surface area contributed by atoms with E-state index >= 15 is 0 Å². The average Bonchev–Trinajstić information content (AvgIpc) is 3.20. The zero-order valence-corrected chi connectivity index (χ0v) is 19.5.